The van der Waals surface area contributed by atoms with Gasteiger partial charge < -0.3 is 0 Å². The lowest BCUT2D eigenvalue weighted by atomic mass is 9.83. The van der Waals surface area contributed by atoms with Crippen LogP contribution >= 0.6 is 22.9 Å². The van der Waals surface area contributed by atoms with Crippen LogP contribution in [0.3, 0.4) is 0 Å². The summed E-state index contributed by atoms with van der Waals surface area (Å²) in [6.45, 7) is 4.55. The van der Waals surface area contributed by atoms with Gasteiger partial charge in [0.15, 0.2) is 0 Å². The number of thiophene rings is 1. The Balaban J connectivity index is 2.03. The Morgan fingerprint density at radius 1 is 1.64 bits per heavy atom. The Labute approximate surface area is 95.3 Å². The van der Waals surface area contributed by atoms with Crippen molar-refractivity contribution < 1.29 is 0 Å². The number of halogens is 1. The molecule has 0 bridgehead atoms. The van der Waals surface area contributed by atoms with Gasteiger partial charge in [0.2, 0.25) is 0 Å². The van der Waals surface area contributed by atoms with E-state index in [1.807, 2.05) is 11.3 Å². The standard InChI is InChI=1S/C12H17ClS/c1-9-5-10(8-14-9)6-12(2)4-3-11(13)7-12/h5,8,11H,3-4,6-7H2,1-2H3. The van der Waals surface area contributed by atoms with Crippen molar-refractivity contribution in [1.29, 1.82) is 0 Å². The minimum Gasteiger partial charge on any atom is -0.149 e. The fourth-order valence-corrected chi connectivity index (χ4v) is 3.68. The second kappa shape index (κ2) is 3.86. The minimum atomic E-state index is 0.416. The predicted octanol–water partition coefficient (Wildman–Crippen LogP) is 4.40. The maximum Gasteiger partial charge on any atom is 0.0341 e. The average molecular weight is 229 g/mol. The van der Waals surface area contributed by atoms with Crippen LogP contribution in [-0.2, 0) is 6.42 Å². The topological polar surface area (TPSA) is 0 Å². The highest BCUT2D eigenvalue weighted by atomic mass is 35.5. The highest BCUT2D eigenvalue weighted by Crippen LogP contribution is 2.43. The zero-order valence-corrected chi connectivity index (χ0v) is 10.4. The van der Waals surface area contributed by atoms with Gasteiger partial charge in [-0.1, -0.05) is 6.92 Å². The average Bonchev–Trinajstić information content (AvgIpc) is 2.60. The van der Waals surface area contributed by atoms with Crippen LogP contribution in [-0.4, -0.2) is 5.38 Å². The third kappa shape index (κ3) is 2.32. The third-order valence-corrected chi connectivity index (χ3v) is 4.47. The van der Waals surface area contributed by atoms with Crippen LogP contribution in [0.15, 0.2) is 11.4 Å². The molecule has 2 atom stereocenters. The molecule has 14 heavy (non-hydrogen) atoms. The summed E-state index contributed by atoms with van der Waals surface area (Å²) in [7, 11) is 0. The summed E-state index contributed by atoms with van der Waals surface area (Å²) < 4.78 is 0. The number of rotatable bonds is 2. The summed E-state index contributed by atoms with van der Waals surface area (Å²) in [5.74, 6) is 0. The maximum absolute atomic E-state index is 6.17. The van der Waals surface area contributed by atoms with Gasteiger partial charge in [0.1, 0.15) is 0 Å². The van der Waals surface area contributed by atoms with E-state index in [1.165, 1.54) is 36.1 Å². The molecule has 78 valence electrons. The lowest BCUT2D eigenvalue weighted by Gasteiger charge is -2.22. The van der Waals surface area contributed by atoms with Gasteiger partial charge >= 0.3 is 0 Å². The summed E-state index contributed by atoms with van der Waals surface area (Å²) in [6, 6.07) is 2.32. The second-order valence-electron chi connectivity index (χ2n) is 4.89. The van der Waals surface area contributed by atoms with E-state index in [0.29, 0.717) is 10.8 Å². The van der Waals surface area contributed by atoms with E-state index >= 15 is 0 Å². The zero-order chi connectivity index (χ0) is 10.2. The van der Waals surface area contributed by atoms with Crippen molar-refractivity contribution in [3.05, 3.63) is 21.9 Å². The molecule has 0 amide bonds. The van der Waals surface area contributed by atoms with Gasteiger partial charge in [-0.25, -0.2) is 0 Å². The van der Waals surface area contributed by atoms with Crippen LogP contribution < -0.4 is 0 Å². The van der Waals surface area contributed by atoms with Crippen LogP contribution in [0.4, 0.5) is 0 Å². The van der Waals surface area contributed by atoms with Crippen molar-refractivity contribution in [3.8, 4) is 0 Å². The maximum atomic E-state index is 6.17. The van der Waals surface area contributed by atoms with Gasteiger partial charge in [-0.05, 0) is 55.0 Å². The molecule has 0 radical (unpaired) electrons. The molecule has 1 saturated carbocycles. The first-order valence-corrected chi connectivity index (χ1v) is 6.57. The molecular weight excluding hydrogens is 212 g/mol. The summed E-state index contributed by atoms with van der Waals surface area (Å²) in [6.07, 6.45) is 4.88. The van der Waals surface area contributed by atoms with E-state index in [9.17, 15) is 0 Å². The van der Waals surface area contributed by atoms with Crippen molar-refractivity contribution in [3.63, 3.8) is 0 Å². The molecule has 0 aromatic carbocycles. The summed E-state index contributed by atoms with van der Waals surface area (Å²) in [5.41, 5.74) is 1.96. The first kappa shape index (κ1) is 10.5. The molecule has 2 heteroatoms. The Hall–Kier alpha value is -0.0100. The van der Waals surface area contributed by atoms with Crippen LogP contribution in [0.25, 0.3) is 0 Å². The number of hydrogen-bond acceptors (Lipinski definition) is 1. The Morgan fingerprint density at radius 2 is 2.43 bits per heavy atom. The van der Waals surface area contributed by atoms with Gasteiger partial charge in [-0.2, -0.15) is 0 Å². The molecular formula is C12H17ClS. The number of alkyl halides is 1. The zero-order valence-electron chi connectivity index (χ0n) is 8.85. The van der Waals surface area contributed by atoms with Crippen LogP contribution in [0, 0.1) is 12.3 Å². The van der Waals surface area contributed by atoms with Crippen molar-refractivity contribution in [1.82, 2.24) is 0 Å². The molecule has 1 fully saturated rings. The predicted molar refractivity (Wildman–Crippen MR) is 64.4 cm³/mol. The Morgan fingerprint density at radius 3 is 2.93 bits per heavy atom. The van der Waals surface area contributed by atoms with Gasteiger partial charge in [-0.15, -0.1) is 22.9 Å². The van der Waals surface area contributed by atoms with Crippen molar-refractivity contribution in [2.45, 2.75) is 44.9 Å². The molecule has 1 aliphatic carbocycles. The highest BCUT2D eigenvalue weighted by molar-refractivity contribution is 7.10. The Kier molecular flexibility index (Phi) is 2.90. The summed E-state index contributed by atoms with van der Waals surface area (Å²) >= 11 is 8.02. The monoisotopic (exact) mass is 228 g/mol. The quantitative estimate of drug-likeness (QED) is 0.659. The van der Waals surface area contributed by atoms with Gasteiger partial charge in [0.25, 0.3) is 0 Å². The first-order valence-electron chi connectivity index (χ1n) is 5.25. The summed E-state index contributed by atoms with van der Waals surface area (Å²) in [4.78, 5) is 1.42. The molecule has 0 saturated heterocycles. The minimum absolute atomic E-state index is 0.416. The lowest BCUT2D eigenvalue weighted by Crippen LogP contribution is -2.15. The molecule has 0 N–H and O–H groups in total. The van der Waals surface area contributed by atoms with Crippen LogP contribution in [0.5, 0.6) is 0 Å². The fourth-order valence-electron chi connectivity index (χ4n) is 2.49. The van der Waals surface area contributed by atoms with Crippen LogP contribution in [0.2, 0.25) is 0 Å². The Bertz CT molecular complexity index is 318. The van der Waals surface area contributed by atoms with Crippen molar-refractivity contribution in [2.75, 3.05) is 0 Å². The molecule has 0 aliphatic heterocycles. The van der Waals surface area contributed by atoms with Gasteiger partial charge in [-0.3, -0.25) is 0 Å². The van der Waals surface area contributed by atoms with Crippen molar-refractivity contribution >= 4 is 22.9 Å². The largest absolute Gasteiger partial charge is 0.149 e. The molecule has 0 spiro atoms. The van der Waals surface area contributed by atoms with Crippen LogP contribution in [0.1, 0.15) is 36.6 Å². The highest BCUT2D eigenvalue weighted by Gasteiger charge is 2.34. The molecule has 1 aliphatic rings. The molecule has 0 nitrogen and oxygen atoms in total. The molecule has 1 heterocycles. The van der Waals surface area contributed by atoms with E-state index < -0.39 is 0 Å². The van der Waals surface area contributed by atoms with E-state index in [1.54, 1.807) is 0 Å². The number of aryl methyl sites for hydroxylation is 1. The second-order valence-corrected chi connectivity index (χ2v) is 6.63. The normalized spacial score (nSPS) is 32.4. The lowest BCUT2D eigenvalue weighted by molar-refractivity contribution is 0.335. The fraction of sp³-hybridized carbons (Fsp3) is 0.667. The van der Waals surface area contributed by atoms with Crippen molar-refractivity contribution in [2.24, 2.45) is 5.41 Å². The SMILES string of the molecule is Cc1cc(CC2(C)CCC(Cl)C2)cs1. The summed E-state index contributed by atoms with van der Waals surface area (Å²) in [5, 5.41) is 2.71. The van der Waals surface area contributed by atoms with E-state index in [-0.39, 0.29) is 0 Å². The van der Waals surface area contributed by atoms with E-state index in [0.717, 1.165) is 0 Å². The molecule has 1 aromatic rings. The first-order chi connectivity index (χ1) is 6.57. The molecule has 2 rings (SSSR count). The van der Waals surface area contributed by atoms with Gasteiger partial charge in [0.05, 0.1) is 0 Å². The van der Waals surface area contributed by atoms with E-state index in [4.69, 9.17) is 11.6 Å². The number of hydrogen-bond donors (Lipinski definition) is 0. The third-order valence-electron chi connectivity index (χ3n) is 3.19. The smallest absolute Gasteiger partial charge is 0.0341 e. The molecule has 2 unspecified atom stereocenters. The molecule has 1 aromatic heterocycles. The van der Waals surface area contributed by atoms with E-state index in [2.05, 4.69) is 25.3 Å². The van der Waals surface area contributed by atoms with Gasteiger partial charge in [0, 0.05) is 10.3 Å².